The molecule has 0 radical (unpaired) electrons. The third kappa shape index (κ3) is 3.76. The van der Waals surface area contributed by atoms with Crippen LogP contribution in [-0.2, 0) is 11.3 Å². The summed E-state index contributed by atoms with van der Waals surface area (Å²) in [5.41, 5.74) is 0.868. The van der Waals surface area contributed by atoms with Crippen molar-refractivity contribution in [3.05, 3.63) is 58.1 Å². The minimum Gasteiger partial charge on any atom is -0.478 e. The van der Waals surface area contributed by atoms with E-state index >= 15 is 0 Å². The maximum Gasteiger partial charge on any atom is 0.328 e. The summed E-state index contributed by atoms with van der Waals surface area (Å²) >= 11 is 1.56. The van der Waals surface area contributed by atoms with Gasteiger partial charge in [0, 0.05) is 34.5 Å². The Labute approximate surface area is 119 Å². The van der Waals surface area contributed by atoms with Crippen LogP contribution in [0.5, 0.6) is 0 Å². The molecule has 2 aromatic heterocycles. The zero-order chi connectivity index (χ0) is 14.4. The summed E-state index contributed by atoms with van der Waals surface area (Å²) in [6.45, 7) is 0.445. The van der Waals surface area contributed by atoms with Crippen molar-refractivity contribution in [3.8, 4) is 0 Å². The third-order valence-corrected chi connectivity index (χ3v) is 3.38. The lowest BCUT2D eigenvalue weighted by molar-refractivity contribution is -0.131. The lowest BCUT2D eigenvalue weighted by atomic mass is 10.1. The van der Waals surface area contributed by atoms with Crippen LogP contribution in [0.4, 0.5) is 0 Å². The van der Waals surface area contributed by atoms with Crippen molar-refractivity contribution in [3.63, 3.8) is 0 Å². The Morgan fingerprint density at radius 1 is 1.40 bits per heavy atom. The molecule has 0 bridgehead atoms. The normalized spacial score (nSPS) is 10.6. The number of carbonyl (C=O) groups excluding carboxylic acids is 1. The van der Waals surface area contributed by atoms with Crippen molar-refractivity contribution in [2.24, 2.45) is 0 Å². The number of pyridine rings is 1. The van der Waals surface area contributed by atoms with Crippen LogP contribution >= 0.6 is 11.3 Å². The molecule has 0 unspecified atom stereocenters. The molecule has 0 saturated heterocycles. The zero-order valence-electron chi connectivity index (χ0n) is 10.4. The predicted molar refractivity (Wildman–Crippen MR) is 76.4 cm³/mol. The van der Waals surface area contributed by atoms with Gasteiger partial charge in [0.2, 0.25) is 0 Å². The topological polar surface area (TPSA) is 79.3 Å². The summed E-state index contributed by atoms with van der Waals surface area (Å²) in [5.74, 6) is -1.33. The van der Waals surface area contributed by atoms with Gasteiger partial charge in [-0.2, -0.15) is 0 Å². The Morgan fingerprint density at radius 3 is 2.95 bits per heavy atom. The molecule has 2 N–H and O–H groups in total. The number of rotatable bonds is 5. The van der Waals surface area contributed by atoms with Crippen LogP contribution in [0, 0.1) is 0 Å². The van der Waals surface area contributed by atoms with Gasteiger partial charge in [0.15, 0.2) is 0 Å². The van der Waals surface area contributed by atoms with Gasteiger partial charge in [-0.05, 0) is 23.6 Å². The number of aromatic nitrogens is 1. The first kappa shape index (κ1) is 14.0. The molecule has 0 spiro atoms. The predicted octanol–water partition coefficient (Wildman–Crippen LogP) is 2.17. The van der Waals surface area contributed by atoms with Crippen LogP contribution in [0.3, 0.4) is 0 Å². The number of hydrogen-bond donors (Lipinski definition) is 2. The van der Waals surface area contributed by atoms with Crippen LogP contribution in [-0.4, -0.2) is 22.0 Å². The first-order chi connectivity index (χ1) is 9.66. The van der Waals surface area contributed by atoms with E-state index in [-0.39, 0.29) is 5.91 Å². The first-order valence-electron chi connectivity index (χ1n) is 5.82. The monoisotopic (exact) mass is 288 g/mol. The van der Waals surface area contributed by atoms with E-state index in [0.717, 1.165) is 11.0 Å². The number of thiophene rings is 1. The highest BCUT2D eigenvalue weighted by Gasteiger charge is 2.09. The van der Waals surface area contributed by atoms with Gasteiger partial charge in [-0.25, -0.2) is 4.79 Å². The number of carboxylic acids is 1. The van der Waals surface area contributed by atoms with Gasteiger partial charge in [0.1, 0.15) is 0 Å². The SMILES string of the molecule is O=C(O)C=Cc1cnccc1C(=O)NCc1cccs1. The summed E-state index contributed by atoms with van der Waals surface area (Å²) in [4.78, 5) is 27.6. The van der Waals surface area contributed by atoms with Crippen molar-refractivity contribution < 1.29 is 14.7 Å². The lowest BCUT2D eigenvalue weighted by Gasteiger charge is -2.06. The van der Waals surface area contributed by atoms with Crippen LogP contribution in [0.2, 0.25) is 0 Å². The molecule has 0 saturated carbocycles. The highest BCUT2D eigenvalue weighted by atomic mass is 32.1. The van der Waals surface area contributed by atoms with E-state index in [1.165, 1.54) is 18.5 Å². The highest BCUT2D eigenvalue weighted by molar-refractivity contribution is 7.09. The van der Waals surface area contributed by atoms with Gasteiger partial charge in [-0.1, -0.05) is 6.07 Å². The molecule has 2 heterocycles. The standard InChI is InChI=1S/C14H12N2O3S/c17-13(18)4-3-10-8-15-6-5-12(10)14(19)16-9-11-2-1-7-20-11/h1-8H,9H2,(H,16,19)(H,17,18). The average Bonchev–Trinajstić information content (AvgIpc) is 2.96. The number of hydrogen-bond acceptors (Lipinski definition) is 4. The van der Waals surface area contributed by atoms with Crippen LogP contribution in [0.25, 0.3) is 6.08 Å². The van der Waals surface area contributed by atoms with Crippen molar-refractivity contribution in [2.45, 2.75) is 6.54 Å². The molecule has 20 heavy (non-hydrogen) atoms. The second-order valence-electron chi connectivity index (χ2n) is 3.90. The van der Waals surface area contributed by atoms with Crippen LogP contribution in [0.1, 0.15) is 20.8 Å². The fourth-order valence-electron chi connectivity index (χ4n) is 1.58. The van der Waals surface area contributed by atoms with E-state index in [1.54, 1.807) is 17.4 Å². The van der Waals surface area contributed by atoms with Gasteiger partial charge >= 0.3 is 5.97 Å². The Hall–Kier alpha value is -2.47. The van der Waals surface area contributed by atoms with Crippen molar-refractivity contribution in [1.82, 2.24) is 10.3 Å². The smallest absolute Gasteiger partial charge is 0.328 e. The number of amides is 1. The summed E-state index contributed by atoms with van der Waals surface area (Å²) in [5, 5.41) is 13.4. The molecule has 6 heteroatoms. The van der Waals surface area contributed by atoms with E-state index in [0.29, 0.717) is 17.7 Å². The minimum absolute atomic E-state index is 0.258. The number of nitrogens with one attached hydrogen (secondary N) is 1. The Balaban J connectivity index is 2.11. The first-order valence-corrected chi connectivity index (χ1v) is 6.70. The molecule has 5 nitrogen and oxygen atoms in total. The quantitative estimate of drug-likeness (QED) is 0.826. The van der Waals surface area contributed by atoms with Gasteiger partial charge in [0.25, 0.3) is 5.91 Å². The van der Waals surface area contributed by atoms with E-state index in [4.69, 9.17) is 5.11 Å². The lowest BCUT2D eigenvalue weighted by Crippen LogP contribution is -2.23. The number of carbonyl (C=O) groups is 2. The number of aliphatic carboxylic acids is 1. The Bertz CT molecular complexity index is 636. The van der Waals surface area contributed by atoms with E-state index in [9.17, 15) is 9.59 Å². The summed E-state index contributed by atoms with van der Waals surface area (Å²) in [6, 6.07) is 5.41. The summed E-state index contributed by atoms with van der Waals surface area (Å²) in [7, 11) is 0. The van der Waals surface area contributed by atoms with Gasteiger partial charge in [0.05, 0.1) is 6.54 Å². The van der Waals surface area contributed by atoms with Crippen LogP contribution in [0.15, 0.2) is 42.0 Å². The number of carboxylic acid groups (broad SMARTS) is 1. The molecular formula is C14H12N2O3S. The minimum atomic E-state index is -1.07. The van der Waals surface area contributed by atoms with Gasteiger partial charge in [-0.15, -0.1) is 11.3 Å². The molecule has 1 amide bonds. The molecule has 0 fully saturated rings. The fraction of sp³-hybridized carbons (Fsp3) is 0.0714. The second kappa shape index (κ2) is 6.63. The largest absolute Gasteiger partial charge is 0.478 e. The third-order valence-electron chi connectivity index (χ3n) is 2.51. The fourth-order valence-corrected chi connectivity index (χ4v) is 2.23. The molecule has 0 atom stereocenters. The molecule has 2 aromatic rings. The highest BCUT2D eigenvalue weighted by Crippen LogP contribution is 2.11. The van der Waals surface area contributed by atoms with E-state index in [1.807, 2.05) is 17.5 Å². The molecular weight excluding hydrogens is 276 g/mol. The average molecular weight is 288 g/mol. The molecule has 102 valence electrons. The molecule has 2 rings (SSSR count). The molecule has 0 aliphatic carbocycles. The Morgan fingerprint density at radius 2 is 2.25 bits per heavy atom. The van der Waals surface area contributed by atoms with Gasteiger partial charge < -0.3 is 10.4 Å². The van der Waals surface area contributed by atoms with E-state index in [2.05, 4.69) is 10.3 Å². The second-order valence-corrected chi connectivity index (χ2v) is 4.93. The maximum atomic E-state index is 12.1. The van der Waals surface area contributed by atoms with Crippen molar-refractivity contribution in [1.29, 1.82) is 0 Å². The Kier molecular flexibility index (Phi) is 4.62. The summed E-state index contributed by atoms with van der Waals surface area (Å²) < 4.78 is 0. The zero-order valence-corrected chi connectivity index (χ0v) is 11.3. The van der Waals surface area contributed by atoms with Gasteiger partial charge in [-0.3, -0.25) is 9.78 Å². The molecule has 0 aromatic carbocycles. The van der Waals surface area contributed by atoms with Crippen LogP contribution < -0.4 is 5.32 Å². The molecule has 0 aliphatic rings. The van der Waals surface area contributed by atoms with E-state index < -0.39 is 5.97 Å². The van der Waals surface area contributed by atoms with Crippen molar-refractivity contribution >= 4 is 29.3 Å². The van der Waals surface area contributed by atoms with Crippen molar-refractivity contribution in [2.75, 3.05) is 0 Å². The number of nitrogens with zero attached hydrogens (tertiary/aromatic N) is 1. The molecule has 0 aliphatic heterocycles. The summed E-state index contributed by atoms with van der Waals surface area (Å²) in [6.07, 6.45) is 5.29. The maximum absolute atomic E-state index is 12.1.